The highest BCUT2D eigenvalue weighted by atomic mass is 16.6. The summed E-state index contributed by atoms with van der Waals surface area (Å²) in [6, 6.07) is 0. The highest BCUT2D eigenvalue weighted by Crippen LogP contribution is 2.15. The Morgan fingerprint density at radius 3 is 0.800 bits per heavy atom. The summed E-state index contributed by atoms with van der Waals surface area (Å²) in [7, 11) is 0. The van der Waals surface area contributed by atoms with E-state index in [1.807, 2.05) is 0 Å². The Balaban J connectivity index is 4.23. The maximum absolute atomic E-state index is 12.7. The maximum Gasteiger partial charge on any atom is 0.306 e. The fraction of sp³-hybridized carbons (Fsp3) is 0.932. The number of carbonyl (C=O) groups is 3. The molecule has 0 rings (SSSR count). The van der Waals surface area contributed by atoms with Crippen LogP contribution in [0.4, 0.5) is 0 Å². The molecule has 50 heavy (non-hydrogen) atoms. The van der Waals surface area contributed by atoms with Gasteiger partial charge in [0, 0.05) is 19.3 Å². The minimum absolute atomic E-state index is 0.0638. The van der Waals surface area contributed by atoms with Crippen LogP contribution in [0.15, 0.2) is 0 Å². The van der Waals surface area contributed by atoms with Crippen LogP contribution in [0, 0.1) is 0 Å². The summed E-state index contributed by atoms with van der Waals surface area (Å²) in [6.45, 7) is 6.59. The molecule has 296 valence electrons. The van der Waals surface area contributed by atoms with Gasteiger partial charge < -0.3 is 14.2 Å². The predicted octanol–water partition coefficient (Wildman–Crippen LogP) is 13.7. The average molecular weight is 709 g/mol. The maximum atomic E-state index is 12.7. The summed E-state index contributed by atoms with van der Waals surface area (Å²) in [4.78, 5) is 37.5. The van der Waals surface area contributed by atoms with E-state index < -0.39 is 6.10 Å². The van der Waals surface area contributed by atoms with Crippen molar-refractivity contribution in [2.45, 2.75) is 252 Å². The fourth-order valence-corrected chi connectivity index (χ4v) is 6.50. The van der Waals surface area contributed by atoms with Gasteiger partial charge in [0.1, 0.15) is 13.2 Å². The van der Waals surface area contributed by atoms with Gasteiger partial charge in [0.15, 0.2) is 6.10 Å². The molecule has 0 saturated carbocycles. The second kappa shape index (κ2) is 40.2. The molecular formula is C44H84O6. The highest BCUT2D eigenvalue weighted by molar-refractivity contribution is 5.71. The Kier molecular flexibility index (Phi) is 38.9. The quantitative estimate of drug-likeness (QED) is 0.0358. The van der Waals surface area contributed by atoms with Crippen molar-refractivity contribution in [2.24, 2.45) is 0 Å². The van der Waals surface area contributed by atoms with E-state index >= 15 is 0 Å². The van der Waals surface area contributed by atoms with Gasteiger partial charge in [0.05, 0.1) is 0 Å². The molecule has 1 atom stereocenters. The molecule has 0 bridgehead atoms. The van der Waals surface area contributed by atoms with Crippen LogP contribution in [-0.4, -0.2) is 37.2 Å². The number of unbranched alkanes of at least 4 members (excludes halogenated alkanes) is 29. The first-order chi connectivity index (χ1) is 24.5. The van der Waals surface area contributed by atoms with Gasteiger partial charge in [-0.05, 0) is 19.3 Å². The van der Waals surface area contributed by atoms with E-state index in [1.165, 1.54) is 148 Å². The van der Waals surface area contributed by atoms with E-state index in [1.54, 1.807) is 0 Å². The number of hydrogen-bond donors (Lipinski definition) is 0. The molecule has 0 aliphatic heterocycles. The van der Waals surface area contributed by atoms with Crippen molar-refractivity contribution in [3.05, 3.63) is 0 Å². The number of carbonyl (C=O) groups excluding carboxylic acids is 3. The van der Waals surface area contributed by atoms with E-state index in [4.69, 9.17) is 14.2 Å². The third kappa shape index (κ3) is 37.7. The van der Waals surface area contributed by atoms with Gasteiger partial charge in [-0.3, -0.25) is 14.4 Å². The van der Waals surface area contributed by atoms with E-state index in [-0.39, 0.29) is 31.1 Å². The Hall–Kier alpha value is -1.59. The van der Waals surface area contributed by atoms with Crippen LogP contribution in [-0.2, 0) is 28.6 Å². The molecule has 0 saturated heterocycles. The topological polar surface area (TPSA) is 78.9 Å². The van der Waals surface area contributed by atoms with Crippen LogP contribution in [0.3, 0.4) is 0 Å². The Bertz CT molecular complexity index is 738. The van der Waals surface area contributed by atoms with Gasteiger partial charge in [-0.1, -0.05) is 207 Å². The first-order valence-corrected chi connectivity index (χ1v) is 22.0. The second-order valence-electron chi connectivity index (χ2n) is 15.0. The molecule has 0 aliphatic rings. The van der Waals surface area contributed by atoms with Crippen molar-refractivity contribution >= 4 is 17.9 Å². The molecule has 0 amide bonds. The number of esters is 3. The normalized spacial score (nSPS) is 11.8. The van der Waals surface area contributed by atoms with Crippen LogP contribution < -0.4 is 0 Å². The molecule has 0 radical (unpaired) electrons. The van der Waals surface area contributed by atoms with Gasteiger partial charge in [-0.15, -0.1) is 0 Å². The van der Waals surface area contributed by atoms with Crippen molar-refractivity contribution in [1.82, 2.24) is 0 Å². The average Bonchev–Trinajstić information content (AvgIpc) is 3.11. The first-order valence-electron chi connectivity index (χ1n) is 22.0. The Morgan fingerprint density at radius 1 is 0.320 bits per heavy atom. The van der Waals surface area contributed by atoms with Crippen LogP contribution in [0.1, 0.15) is 245 Å². The van der Waals surface area contributed by atoms with Crippen LogP contribution in [0.2, 0.25) is 0 Å². The zero-order valence-corrected chi connectivity index (χ0v) is 33.7. The van der Waals surface area contributed by atoms with E-state index in [0.29, 0.717) is 19.3 Å². The molecule has 0 N–H and O–H groups in total. The van der Waals surface area contributed by atoms with Crippen LogP contribution in [0.25, 0.3) is 0 Å². The lowest BCUT2D eigenvalue weighted by Crippen LogP contribution is -2.30. The van der Waals surface area contributed by atoms with Crippen molar-refractivity contribution < 1.29 is 28.6 Å². The van der Waals surface area contributed by atoms with Crippen LogP contribution >= 0.6 is 0 Å². The standard InChI is InChI=1S/C44H84O6/c1-4-7-10-13-16-18-19-20-21-22-23-24-26-29-32-35-38-44(47)50-41(39-48-42(45)36-33-30-27-15-12-9-6-3)40-49-43(46)37-34-31-28-25-17-14-11-8-5-2/h41H,4-40H2,1-3H3/t41-/m1/s1. The van der Waals surface area contributed by atoms with Crippen molar-refractivity contribution in [2.75, 3.05) is 13.2 Å². The van der Waals surface area contributed by atoms with Gasteiger partial charge in [0.2, 0.25) is 0 Å². The summed E-state index contributed by atoms with van der Waals surface area (Å²) in [6.07, 6.45) is 39.5. The minimum atomic E-state index is -0.756. The van der Waals surface area contributed by atoms with Crippen molar-refractivity contribution in [3.8, 4) is 0 Å². The second-order valence-corrected chi connectivity index (χ2v) is 15.0. The number of ether oxygens (including phenoxy) is 3. The highest BCUT2D eigenvalue weighted by Gasteiger charge is 2.19. The molecule has 0 heterocycles. The molecule has 0 unspecified atom stereocenters. The predicted molar refractivity (Wildman–Crippen MR) is 210 cm³/mol. The fourth-order valence-electron chi connectivity index (χ4n) is 6.50. The van der Waals surface area contributed by atoms with Gasteiger partial charge in [-0.2, -0.15) is 0 Å². The third-order valence-electron chi connectivity index (χ3n) is 9.86. The van der Waals surface area contributed by atoms with Gasteiger partial charge in [0.25, 0.3) is 0 Å². The smallest absolute Gasteiger partial charge is 0.306 e. The molecule has 0 aliphatic carbocycles. The SMILES string of the molecule is CCCCCCCCCCCCCCCCCCC(=O)O[C@H](COC(=O)CCCCCCCCC)COC(=O)CCCCCCCCCCC. The Morgan fingerprint density at radius 2 is 0.540 bits per heavy atom. The Labute approximate surface area is 310 Å². The van der Waals surface area contributed by atoms with Crippen molar-refractivity contribution in [1.29, 1.82) is 0 Å². The molecule has 0 aromatic heterocycles. The van der Waals surface area contributed by atoms with Gasteiger partial charge >= 0.3 is 17.9 Å². The lowest BCUT2D eigenvalue weighted by Gasteiger charge is -2.18. The molecule has 6 heteroatoms. The zero-order valence-electron chi connectivity index (χ0n) is 33.7. The third-order valence-corrected chi connectivity index (χ3v) is 9.86. The van der Waals surface area contributed by atoms with Crippen LogP contribution in [0.5, 0.6) is 0 Å². The van der Waals surface area contributed by atoms with Crippen molar-refractivity contribution in [3.63, 3.8) is 0 Å². The summed E-state index contributed by atoms with van der Waals surface area (Å²) in [5.41, 5.74) is 0. The van der Waals surface area contributed by atoms with Gasteiger partial charge in [-0.25, -0.2) is 0 Å². The number of hydrogen-bond acceptors (Lipinski definition) is 6. The molecule has 6 nitrogen and oxygen atoms in total. The lowest BCUT2D eigenvalue weighted by atomic mass is 10.0. The first kappa shape index (κ1) is 48.4. The monoisotopic (exact) mass is 709 g/mol. The van der Waals surface area contributed by atoms with E-state index in [2.05, 4.69) is 20.8 Å². The summed E-state index contributed by atoms with van der Waals surface area (Å²) < 4.78 is 16.6. The minimum Gasteiger partial charge on any atom is -0.462 e. The summed E-state index contributed by atoms with van der Waals surface area (Å²) >= 11 is 0. The molecule has 0 spiro atoms. The molecule has 0 aromatic carbocycles. The largest absolute Gasteiger partial charge is 0.462 e. The van der Waals surface area contributed by atoms with E-state index in [9.17, 15) is 14.4 Å². The summed E-state index contributed by atoms with van der Waals surface area (Å²) in [5.74, 6) is -0.863. The van der Waals surface area contributed by atoms with E-state index in [0.717, 1.165) is 57.8 Å². The molecule has 0 aromatic rings. The molecular weight excluding hydrogens is 624 g/mol. The lowest BCUT2D eigenvalue weighted by molar-refractivity contribution is -0.167. The zero-order chi connectivity index (χ0) is 36.6. The summed E-state index contributed by atoms with van der Waals surface area (Å²) in [5, 5.41) is 0. The number of rotatable bonds is 40. The molecule has 0 fully saturated rings.